The Kier molecular flexibility index (Phi) is 4.04. The Balaban J connectivity index is 1.79. The molecule has 2 aromatic carbocycles. The van der Waals surface area contributed by atoms with Crippen LogP contribution >= 0.6 is 0 Å². The van der Waals surface area contributed by atoms with Gasteiger partial charge in [-0.3, -0.25) is 9.59 Å². The number of carbonyl (C=O) groups excluding carboxylic acids is 2. The van der Waals surface area contributed by atoms with Crippen LogP contribution in [0.2, 0.25) is 0 Å². The summed E-state index contributed by atoms with van der Waals surface area (Å²) >= 11 is 0. The molecule has 0 aliphatic carbocycles. The Morgan fingerprint density at radius 1 is 0.760 bits per heavy atom. The van der Waals surface area contributed by atoms with Crippen molar-refractivity contribution in [2.45, 2.75) is 32.6 Å². The van der Waals surface area contributed by atoms with E-state index in [4.69, 9.17) is 0 Å². The predicted molar refractivity (Wildman–Crippen MR) is 99.4 cm³/mol. The van der Waals surface area contributed by atoms with Gasteiger partial charge in [0.05, 0.1) is 22.5 Å². The van der Waals surface area contributed by atoms with E-state index in [9.17, 15) is 9.59 Å². The normalized spacial score (nSPS) is 17.6. The van der Waals surface area contributed by atoms with Gasteiger partial charge in [-0.05, 0) is 49.6 Å². The molecule has 2 aromatic rings. The summed E-state index contributed by atoms with van der Waals surface area (Å²) in [6, 6.07) is 13.1. The van der Waals surface area contributed by atoms with Gasteiger partial charge in [-0.15, -0.1) is 0 Å². The number of hydrogen-bond acceptors (Lipinski definition) is 3. The number of hydrogen-bond donors (Lipinski definition) is 0. The van der Waals surface area contributed by atoms with Crippen molar-refractivity contribution in [3.63, 3.8) is 0 Å². The molecule has 0 aromatic heterocycles. The van der Waals surface area contributed by atoms with Gasteiger partial charge in [0, 0.05) is 13.1 Å². The lowest BCUT2D eigenvalue weighted by molar-refractivity contribution is 0.0926. The van der Waals surface area contributed by atoms with Crippen LogP contribution in [0.5, 0.6) is 0 Å². The van der Waals surface area contributed by atoms with E-state index < -0.39 is 0 Å². The van der Waals surface area contributed by atoms with Crippen LogP contribution in [0.15, 0.2) is 42.5 Å². The van der Waals surface area contributed by atoms with Crippen LogP contribution in [-0.2, 0) is 0 Å². The molecule has 1 fully saturated rings. The summed E-state index contributed by atoms with van der Waals surface area (Å²) in [5.74, 6) is -0.440. The highest BCUT2D eigenvalue weighted by Crippen LogP contribution is 2.37. The zero-order valence-electron chi connectivity index (χ0n) is 14.5. The van der Waals surface area contributed by atoms with Gasteiger partial charge in [0.2, 0.25) is 0 Å². The number of nitrogens with zero attached hydrogens (tertiary/aromatic N) is 2. The topological polar surface area (TPSA) is 40.6 Å². The highest BCUT2D eigenvalue weighted by atomic mass is 16.2. The minimum Gasteiger partial charge on any atom is -0.370 e. The van der Waals surface area contributed by atoms with E-state index in [-0.39, 0.29) is 11.8 Å². The second kappa shape index (κ2) is 6.36. The van der Waals surface area contributed by atoms with Crippen LogP contribution < -0.4 is 9.80 Å². The van der Waals surface area contributed by atoms with Gasteiger partial charge in [-0.1, -0.05) is 31.0 Å². The Hall–Kier alpha value is -2.62. The Bertz CT molecular complexity index is 801. The average Bonchev–Trinajstić information content (AvgIpc) is 2.80. The number of rotatable bonds is 2. The number of imide groups is 1. The minimum atomic E-state index is -0.220. The van der Waals surface area contributed by atoms with Gasteiger partial charge >= 0.3 is 0 Å². The molecule has 0 bridgehead atoms. The summed E-state index contributed by atoms with van der Waals surface area (Å²) in [4.78, 5) is 29.5. The third-order valence-corrected chi connectivity index (χ3v) is 5.11. The highest BCUT2D eigenvalue weighted by molar-refractivity contribution is 6.35. The third-order valence-electron chi connectivity index (χ3n) is 5.11. The van der Waals surface area contributed by atoms with E-state index in [1.165, 1.54) is 17.7 Å². The van der Waals surface area contributed by atoms with Crippen molar-refractivity contribution >= 4 is 23.2 Å². The molecule has 4 nitrogen and oxygen atoms in total. The quantitative estimate of drug-likeness (QED) is 0.774. The number of carbonyl (C=O) groups is 2. The fourth-order valence-electron chi connectivity index (χ4n) is 3.80. The first-order valence-corrected chi connectivity index (χ1v) is 9.00. The SMILES string of the molecule is Cc1ccc(N2CCCCCC2)c(N2C(=O)c3ccccc3C2=O)c1. The van der Waals surface area contributed by atoms with Crippen molar-refractivity contribution < 1.29 is 9.59 Å². The first-order valence-electron chi connectivity index (χ1n) is 9.00. The molecule has 0 radical (unpaired) electrons. The maximum atomic E-state index is 12.9. The van der Waals surface area contributed by atoms with E-state index in [0.717, 1.165) is 37.2 Å². The summed E-state index contributed by atoms with van der Waals surface area (Å²) in [5, 5.41) is 0. The van der Waals surface area contributed by atoms with Crippen molar-refractivity contribution in [1.29, 1.82) is 0 Å². The van der Waals surface area contributed by atoms with E-state index in [0.29, 0.717) is 16.8 Å². The van der Waals surface area contributed by atoms with E-state index in [2.05, 4.69) is 17.0 Å². The smallest absolute Gasteiger partial charge is 0.266 e. The number of aryl methyl sites for hydroxylation is 1. The summed E-state index contributed by atoms with van der Waals surface area (Å²) in [7, 11) is 0. The van der Waals surface area contributed by atoms with Crippen LogP contribution in [0.1, 0.15) is 52.0 Å². The molecule has 0 saturated carbocycles. The summed E-state index contributed by atoms with van der Waals surface area (Å²) in [5.41, 5.74) is 3.74. The molecule has 2 amide bonds. The molecule has 0 N–H and O–H groups in total. The number of benzene rings is 2. The van der Waals surface area contributed by atoms with Crippen molar-refractivity contribution in [2.75, 3.05) is 22.9 Å². The molecule has 4 rings (SSSR count). The largest absolute Gasteiger partial charge is 0.370 e. The molecule has 1 saturated heterocycles. The average molecular weight is 334 g/mol. The fourth-order valence-corrected chi connectivity index (χ4v) is 3.80. The van der Waals surface area contributed by atoms with Gasteiger partial charge < -0.3 is 4.90 Å². The Morgan fingerprint density at radius 2 is 1.36 bits per heavy atom. The van der Waals surface area contributed by atoms with Crippen molar-refractivity contribution in [3.05, 3.63) is 59.2 Å². The molecule has 0 spiro atoms. The highest BCUT2D eigenvalue weighted by Gasteiger charge is 2.38. The first kappa shape index (κ1) is 15.9. The summed E-state index contributed by atoms with van der Waals surface area (Å²) in [6.45, 7) is 3.94. The molecule has 25 heavy (non-hydrogen) atoms. The van der Waals surface area contributed by atoms with E-state index in [1.54, 1.807) is 24.3 Å². The van der Waals surface area contributed by atoms with Crippen LogP contribution in [-0.4, -0.2) is 24.9 Å². The maximum Gasteiger partial charge on any atom is 0.266 e. The van der Waals surface area contributed by atoms with Gasteiger partial charge in [0.15, 0.2) is 0 Å². The lowest BCUT2D eigenvalue weighted by atomic mass is 10.1. The molecule has 2 aliphatic heterocycles. The third kappa shape index (κ3) is 2.72. The van der Waals surface area contributed by atoms with Crippen molar-refractivity contribution in [2.24, 2.45) is 0 Å². The second-order valence-electron chi connectivity index (χ2n) is 6.88. The first-order chi connectivity index (χ1) is 12.2. The number of anilines is 2. The Morgan fingerprint density at radius 3 is 1.96 bits per heavy atom. The minimum absolute atomic E-state index is 0.220. The van der Waals surface area contributed by atoms with Gasteiger partial charge in [0.1, 0.15) is 0 Å². The predicted octanol–water partition coefficient (Wildman–Crippen LogP) is 4.18. The number of fused-ring (bicyclic) bond motifs is 1. The van der Waals surface area contributed by atoms with Gasteiger partial charge in [-0.2, -0.15) is 0 Å². The molecule has 0 atom stereocenters. The van der Waals surface area contributed by atoms with Gasteiger partial charge in [0.25, 0.3) is 11.8 Å². The second-order valence-corrected chi connectivity index (χ2v) is 6.88. The Labute approximate surface area is 148 Å². The molecule has 2 aliphatic rings. The van der Waals surface area contributed by atoms with Crippen molar-refractivity contribution in [3.8, 4) is 0 Å². The molecule has 2 heterocycles. The molecule has 0 unspecified atom stereocenters. The lowest BCUT2D eigenvalue weighted by Gasteiger charge is -2.28. The molecule has 128 valence electrons. The fraction of sp³-hybridized carbons (Fsp3) is 0.333. The summed E-state index contributed by atoms with van der Waals surface area (Å²) < 4.78 is 0. The monoisotopic (exact) mass is 334 g/mol. The molecular formula is C21H22N2O2. The van der Waals surface area contributed by atoms with E-state index >= 15 is 0 Å². The summed E-state index contributed by atoms with van der Waals surface area (Å²) in [6.07, 6.45) is 4.78. The standard InChI is InChI=1S/C21H22N2O2/c1-15-10-11-18(22-12-6-2-3-7-13-22)19(14-15)23-20(24)16-8-4-5-9-17(16)21(23)25/h4-5,8-11,14H,2-3,6-7,12-13H2,1H3. The van der Waals surface area contributed by atoms with Gasteiger partial charge in [-0.25, -0.2) is 4.90 Å². The zero-order chi connectivity index (χ0) is 17.4. The van der Waals surface area contributed by atoms with E-state index in [1.807, 2.05) is 13.0 Å². The zero-order valence-corrected chi connectivity index (χ0v) is 14.5. The lowest BCUT2D eigenvalue weighted by Crippen LogP contribution is -2.33. The molecule has 4 heteroatoms. The van der Waals surface area contributed by atoms with Crippen LogP contribution in [0.25, 0.3) is 0 Å². The van der Waals surface area contributed by atoms with Crippen LogP contribution in [0.4, 0.5) is 11.4 Å². The van der Waals surface area contributed by atoms with Crippen LogP contribution in [0.3, 0.4) is 0 Å². The maximum absolute atomic E-state index is 12.9. The molecular weight excluding hydrogens is 312 g/mol. The van der Waals surface area contributed by atoms with Crippen molar-refractivity contribution in [1.82, 2.24) is 0 Å². The number of amides is 2. The van der Waals surface area contributed by atoms with Crippen LogP contribution in [0, 0.1) is 6.92 Å².